The summed E-state index contributed by atoms with van der Waals surface area (Å²) in [5.41, 5.74) is 10.9. The molecule has 3 N–H and O–H groups in total. The van der Waals surface area contributed by atoms with Crippen LogP contribution in [0, 0.1) is 0 Å². The summed E-state index contributed by atoms with van der Waals surface area (Å²) in [6.45, 7) is 3.39. The Hall–Kier alpha value is -2.08. The smallest absolute Gasteiger partial charge is 0.0607 e. The zero-order valence-electron chi connectivity index (χ0n) is 15.8. The Morgan fingerprint density at radius 3 is 2.89 bits per heavy atom. The van der Waals surface area contributed by atoms with Gasteiger partial charge in [0.2, 0.25) is 0 Å². The normalized spacial score (nSPS) is 22.0. The van der Waals surface area contributed by atoms with E-state index < -0.39 is 0 Å². The molecule has 2 atom stereocenters. The average Bonchev–Trinajstić information content (AvgIpc) is 2.73. The number of aromatic nitrogens is 2. The molecule has 1 aliphatic carbocycles. The molecular formula is C22H29N5. The summed E-state index contributed by atoms with van der Waals surface area (Å²) in [6.07, 6.45) is 12.6. The van der Waals surface area contributed by atoms with Crippen molar-refractivity contribution < 1.29 is 0 Å². The Morgan fingerprint density at radius 2 is 2.00 bits per heavy atom. The lowest BCUT2D eigenvalue weighted by Gasteiger charge is -2.37. The molecule has 2 aromatic heterocycles. The predicted octanol–water partition coefficient (Wildman–Crippen LogP) is 2.39. The number of hydrogen-bond donors (Lipinski definition) is 2. The van der Waals surface area contributed by atoms with E-state index in [0.29, 0.717) is 18.6 Å². The van der Waals surface area contributed by atoms with Gasteiger partial charge in [-0.3, -0.25) is 14.9 Å². The van der Waals surface area contributed by atoms with Crippen LogP contribution in [0.1, 0.15) is 41.4 Å². The Morgan fingerprint density at radius 1 is 1.15 bits per heavy atom. The Balaban J connectivity index is 1.53. The molecule has 4 rings (SSSR count). The van der Waals surface area contributed by atoms with Crippen LogP contribution >= 0.6 is 0 Å². The van der Waals surface area contributed by atoms with E-state index in [9.17, 15) is 0 Å². The van der Waals surface area contributed by atoms with Crippen molar-refractivity contribution in [3.8, 4) is 0 Å². The minimum Gasteiger partial charge on any atom is -0.327 e. The SMILES string of the molecule is NC/C=C/CN(C[C@@H]1Cc2ncccc2CN1)[C@H]1CCCc2cccnc21. The molecule has 0 saturated carbocycles. The first-order valence-corrected chi connectivity index (χ1v) is 10.0. The Kier molecular flexibility index (Phi) is 5.92. The molecule has 142 valence electrons. The van der Waals surface area contributed by atoms with Crippen LogP contribution in [0.3, 0.4) is 0 Å². The van der Waals surface area contributed by atoms with Gasteiger partial charge in [0.05, 0.1) is 11.7 Å². The zero-order chi connectivity index (χ0) is 18.5. The second kappa shape index (κ2) is 8.74. The number of hydrogen-bond acceptors (Lipinski definition) is 5. The van der Waals surface area contributed by atoms with Gasteiger partial charge in [-0.1, -0.05) is 24.3 Å². The molecule has 2 aliphatic rings. The largest absolute Gasteiger partial charge is 0.327 e. The van der Waals surface area contributed by atoms with Crippen molar-refractivity contribution in [3.05, 3.63) is 71.3 Å². The molecule has 5 nitrogen and oxygen atoms in total. The predicted molar refractivity (Wildman–Crippen MR) is 108 cm³/mol. The number of nitrogens with two attached hydrogens (primary N) is 1. The number of fused-ring (bicyclic) bond motifs is 2. The second-order valence-electron chi connectivity index (χ2n) is 7.51. The molecule has 0 bridgehead atoms. The number of nitrogens with zero attached hydrogens (tertiary/aromatic N) is 3. The summed E-state index contributed by atoms with van der Waals surface area (Å²) >= 11 is 0. The van der Waals surface area contributed by atoms with Crippen molar-refractivity contribution in [2.45, 2.75) is 44.3 Å². The first-order valence-electron chi connectivity index (χ1n) is 10.0. The lowest BCUT2D eigenvalue weighted by molar-refractivity contribution is 0.170. The fourth-order valence-electron chi connectivity index (χ4n) is 4.36. The van der Waals surface area contributed by atoms with E-state index in [0.717, 1.165) is 32.5 Å². The molecule has 0 aromatic carbocycles. The highest BCUT2D eigenvalue weighted by atomic mass is 15.2. The summed E-state index contributed by atoms with van der Waals surface area (Å²) in [5, 5.41) is 3.71. The van der Waals surface area contributed by atoms with E-state index in [2.05, 4.69) is 45.6 Å². The number of aryl methyl sites for hydroxylation is 1. The van der Waals surface area contributed by atoms with Crippen LogP contribution in [-0.4, -0.2) is 40.5 Å². The van der Waals surface area contributed by atoms with Gasteiger partial charge in [-0.25, -0.2) is 0 Å². The minimum atomic E-state index is 0.379. The quantitative estimate of drug-likeness (QED) is 0.772. The van der Waals surface area contributed by atoms with Crippen molar-refractivity contribution in [1.82, 2.24) is 20.2 Å². The molecule has 1 aliphatic heterocycles. The average molecular weight is 364 g/mol. The van der Waals surface area contributed by atoms with Gasteiger partial charge in [0.1, 0.15) is 0 Å². The van der Waals surface area contributed by atoms with Gasteiger partial charge in [0.15, 0.2) is 0 Å². The maximum atomic E-state index is 5.67. The van der Waals surface area contributed by atoms with Crippen LogP contribution < -0.4 is 11.1 Å². The van der Waals surface area contributed by atoms with Crippen molar-refractivity contribution in [2.75, 3.05) is 19.6 Å². The van der Waals surface area contributed by atoms with Crippen LogP contribution in [-0.2, 0) is 19.4 Å². The summed E-state index contributed by atoms with van der Waals surface area (Å²) in [4.78, 5) is 11.9. The van der Waals surface area contributed by atoms with Gasteiger partial charge in [0, 0.05) is 56.7 Å². The summed E-state index contributed by atoms with van der Waals surface area (Å²) in [6, 6.07) is 9.29. The van der Waals surface area contributed by atoms with Crippen LogP contribution in [0.4, 0.5) is 0 Å². The highest BCUT2D eigenvalue weighted by Gasteiger charge is 2.29. The van der Waals surface area contributed by atoms with Crippen LogP contribution in [0.2, 0.25) is 0 Å². The number of rotatable bonds is 6. The third kappa shape index (κ3) is 4.26. The lowest BCUT2D eigenvalue weighted by atomic mass is 9.90. The number of nitrogens with one attached hydrogen (secondary N) is 1. The number of pyridine rings is 2. The monoisotopic (exact) mass is 363 g/mol. The molecule has 0 radical (unpaired) electrons. The molecule has 0 unspecified atom stereocenters. The van der Waals surface area contributed by atoms with Gasteiger partial charge in [-0.05, 0) is 42.5 Å². The van der Waals surface area contributed by atoms with Crippen molar-refractivity contribution in [3.63, 3.8) is 0 Å². The van der Waals surface area contributed by atoms with Gasteiger partial charge < -0.3 is 11.1 Å². The van der Waals surface area contributed by atoms with E-state index in [1.807, 2.05) is 18.5 Å². The lowest BCUT2D eigenvalue weighted by Crippen LogP contribution is -2.46. The molecule has 0 amide bonds. The van der Waals surface area contributed by atoms with Gasteiger partial charge in [0.25, 0.3) is 0 Å². The third-order valence-electron chi connectivity index (χ3n) is 5.71. The minimum absolute atomic E-state index is 0.379. The van der Waals surface area contributed by atoms with Gasteiger partial charge in [-0.15, -0.1) is 0 Å². The maximum absolute atomic E-state index is 5.67. The van der Waals surface area contributed by atoms with Crippen molar-refractivity contribution >= 4 is 0 Å². The molecule has 2 aromatic rings. The summed E-state index contributed by atoms with van der Waals surface area (Å²) in [7, 11) is 0. The standard InChI is InChI=1S/C22H29N5/c23-10-1-2-13-27(21-9-3-6-17-7-4-12-25-22(17)21)16-19-14-20-18(15-26-19)8-5-11-24-20/h1-2,4-5,7-8,11-12,19,21,26H,3,6,9-10,13-16,23H2/b2-1+/t19-,21-/m0/s1. The Labute approximate surface area is 161 Å². The van der Waals surface area contributed by atoms with Crippen LogP contribution in [0.25, 0.3) is 0 Å². The zero-order valence-corrected chi connectivity index (χ0v) is 15.8. The first kappa shape index (κ1) is 18.3. The summed E-state index contributed by atoms with van der Waals surface area (Å²) < 4.78 is 0. The first-order chi connectivity index (χ1) is 13.3. The van der Waals surface area contributed by atoms with E-state index in [4.69, 9.17) is 10.7 Å². The fraction of sp³-hybridized carbons (Fsp3) is 0.455. The molecule has 0 saturated heterocycles. The van der Waals surface area contributed by atoms with Crippen molar-refractivity contribution in [2.24, 2.45) is 5.73 Å². The molecule has 27 heavy (non-hydrogen) atoms. The second-order valence-corrected chi connectivity index (χ2v) is 7.51. The Bertz CT molecular complexity index is 788. The van der Waals surface area contributed by atoms with E-state index in [1.165, 1.54) is 35.4 Å². The van der Waals surface area contributed by atoms with E-state index >= 15 is 0 Å². The van der Waals surface area contributed by atoms with Crippen LogP contribution in [0.15, 0.2) is 48.8 Å². The highest BCUT2D eigenvalue weighted by molar-refractivity contribution is 5.26. The molecule has 5 heteroatoms. The molecule has 0 fully saturated rings. The molecule has 0 spiro atoms. The molecule has 3 heterocycles. The third-order valence-corrected chi connectivity index (χ3v) is 5.71. The van der Waals surface area contributed by atoms with Crippen LogP contribution in [0.5, 0.6) is 0 Å². The maximum Gasteiger partial charge on any atom is 0.0607 e. The van der Waals surface area contributed by atoms with E-state index in [1.54, 1.807) is 0 Å². The fourth-order valence-corrected chi connectivity index (χ4v) is 4.36. The van der Waals surface area contributed by atoms with Crippen molar-refractivity contribution in [1.29, 1.82) is 0 Å². The summed E-state index contributed by atoms with van der Waals surface area (Å²) in [5.74, 6) is 0. The molecular weight excluding hydrogens is 334 g/mol. The van der Waals surface area contributed by atoms with E-state index in [-0.39, 0.29) is 0 Å². The topological polar surface area (TPSA) is 67.1 Å². The van der Waals surface area contributed by atoms with Gasteiger partial charge >= 0.3 is 0 Å². The highest BCUT2D eigenvalue weighted by Crippen LogP contribution is 2.33. The van der Waals surface area contributed by atoms with Gasteiger partial charge in [-0.2, -0.15) is 0 Å².